The fourth-order valence-electron chi connectivity index (χ4n) is 1.67. The highest BCUT2D eigenvalue weighted by Crippen LogP contribution is 2.23. The lowest BCUT2D eigenvalue weighted by Crippen LogP contribution is -2.25. The Bertz CT molecular complexity index is 631. The topological polar surface area (TPSA) is 117 Å². The van der Waals surface area contributed by atoms with Crippen molar-refractivity contribution in [1.29, 1.82) is 10.5 Å². The summed E-state index contributed by atoms with van der Waals surface area (Å²) in [6, 6.07) is 4.05. The van der Waals surface area contributed by atoms with Crippen molar-refractivity contribution in [1.82, 2.24) is 20.2 Å². The number of aromatic amines is 1. The van der Waals surface area contributed by atoms with E-state index in [1.807, 2.05) is 19.1 Å². The van der Waals surface area contributed by atoms with E-state index in [1.165, 1.54) is 0 Å². The SMILES string of the molecule is CCNc1nc(N(CC#N)CC#N)c2cn[nH]c2n1. The van der Waals surface area contributed by atoms with Crippen molar-refractivity contribution in [3.8, 4) is 12.1 Å². The van der Waals surface area contributed by atoms with Gasteiger partial charge < -0.3 is 10.2 Å². The second kappa shape index (κ2) is 5.65. The molecule has 0 amide bonds. The Morgan fingerprint density at radius 2 is 2.05 bits per heavy atom. The van der Waals surface area contributed by atoms with Crippen LogP contribution in [0.15, 0.2) is 6.20 Å². The lowest BCUT2D eigenvalue weighted by atomic mass is 10.3. The maximum Gasteiger partial charge on any atom is 0.226 e. The Balaban J connectivity index is 2.52. The number of hydrogen-bond acceptors (Lipinski definition) is 7. The molecule has 0 atom stereocenters. The van der Waals surface area contributed by atoms with E-state index in [0.29, 0.717) is 29.3 Å². The molecular weight excluding hydrogens is 244 g/mol. The summed E-state index contributed by atoms with van der Waals surface area (Å²) in [6.45, 7) is 2.77. The monoisotopic (exact) mass is 256 g/mol. The molecule has 2 aromatic rings. The Morgan fingerprint density at radius 1 is 1.32 bits per heavy atom. The predicted octanol–water partition coefficient (Wildman–Crippen LogP) is 0.638. The van der Waals surface area contributed by atoms with Crippen molar-refractivity contribution >= 4 is 22.8 Å². The van der Waals surface area contributed by atoms with E-state index in [9.17, 15) is 0 Å². The van der Waals surface area contributed by atoms with Gasteiger partial charge in [0.1, 0.15) is 18.9 Å². The molecule has 2 heterocycles. The maximum atomic E-state index is 8.84. The molecule has 2 N–H and O–H groups in total. The zero-order valence-electron chi connectivity index (χ0n) is 10.4. The van der Waals surface area contributed by atoms with Crippen molar-refractivity contribution in [2.24, 2.45) is 0 Å². The first-order chi connectivity index (χ1) is 9.30. The number of nitriles is 2. The summed E-state index contributed by atoms with van der Waals surface area (Å²) >= 11 is 0. The lowest BCUT2D eigenvalue weighted by molar-refractivity contribution is 0.935. The lowest BCUT2D eigenvalue weighted by Gasteiger charge is -2.18. The fourth-order valence-corrected chi connectivity index (χ4v) is 1.67. The molecule has 8 heteroatoms. The number of hydrogen-bond donors (Lipinski definition) is 2. The molecule has 0 spiro atoms. The van der Waals surface area contributed by atoms with E-state index in [2.05, 4.69) is 25.5 Å². The predicted molar refractivity (Wildman–Crippen MR) is 69.3 cm³/mol. The quantitative estimate of drug-likeness (QED) is 0.753. The highest BCUT2D eigenvalue weighted by atomic mass is 15.3. The maximum absolute atomic E-state index is 8.84. The highest BCUT2D eigenvalue weighted by molar-refractivity contribution is 5.87. The molecule has 0 saturated heterocycles. The zero-order valence-corrected chi connectivity index (χ0v) is 10.4. The first-order valence-electron chi connectivity index (χ1n) is 5.74. The van der Waals surface area contributed by atoms with E-state index >= 15 is 0 Å². The Labute approximate surface area is 109 Å². The minimum Gasteiger partial charge on any atom is -0.354 e. The molecule has 2 aromatic heterocycles. The molecule has 0 unspecified atom stereocenters. The molecule has 0 fully saturated rings. The third kappa shape index (κ3) is 2.53. The van der Waals surface area contributed by atoms with Gasteiger partial charge in [-0.15, -0.1) is 0 Å². The van der Waals surface area contributed by atoms with Crippen LogP contribution in [0.25, 0.3) is 11.0 Å². The summed E-state index contributed by atoms with van der Waals surface area (Å²) in [5.41, 5.74) is 0.571. The molecule has 96 valence electrons. The van der Waals surface area contributed by atoms with Gasteiger partial charge in [-0.1, -0.05) is 0 Å². The van der Waals surface area contributed by atoms with Crippen molar-refractivity contribution in [2.45, 2.75) is 6.92 Å². The van der Waals surface area contributed by atoms with Gasteiger partial charge in [-0.3, -0.25) is 5.10 Å². The Hall–Kier alpha value is -2.87. The third-order valence-electron chi connectivity index (χ3n) is 2.45. The first-order valence-corrected chi connectivity index (χ1v) is 5.74. The summed E-state index contributed by atoms with van der Waals surface area (Å²) in [6.07, 6.45) is 1.59. The smallest absolute Gasteiger partial charge is 0.226 e. The largest absolute Gasteiger partial charge is 0.354 e. The van der Waals surface area contributed by atoms with Crippen LogP contribution in [-0.2, 0) is 0 Å². The van der Waals surface area contributed by atoms with Crippen LogP contribution < -0.4 is 10.2 Å². The normalized spacial score (nSPS) is 9.84. The molecule has 0 aromatic carbocycles. The van der Waals surface area contributed by atoms with E-state index in [4.69, 9.17) is 10.5 Å². The molecule has 0 saturated carbocycles. The van der Waals surface area contributed by atoms with E-state index < -0.39 is 0 Å². The van der Waals surface area contributed by atoms with Crippen molar-refractivity contribution in [3.05, 3.63) is 6.20 Å². The van der Waals surface area contributed by atoms with E-state index in [-0.39, 0.29) is 13.1 Å². The van der Waals surface area contributed by atoms with Crippen LogP contribution in [0.2, 0.25) is 0 Å². The van der Waals surface area contributed by atoms with Crippen LogP contribution in [0.3, 0.4) is 0 Å². The molecule has 0 aliphatic heterocycles. The minimum absolute atomic E-state index is 0.0798. The van der Waals surface area contributed by atoms with Crippen LogP contribution in [0.4, 0.5) is 11.8 Å². The average Bonchev–Trinajstić information content (AvgIpc) is 2.86. The van der Waals surface area contributed by atoms with Crippen LogP contribution in [-0.4, -0.2) is 39.8 Å². The summed E-state index contributed by atoms with van der Waals surface area (Å²) in [5, 5.41) is 28.0. The summed E-state index contributed by atoms with van der Waals surface area (Å²) in [7, 11) is 0. The molecule has 0 aliphatic rings. The zero-order chi connectivity index (χ0) is 13.7. The van der Waals surface area contributed by atoms with Gasteiger partial charge in [-0.2, -0.15) is 25.6 Å². The minimum atomic E-state index is 0.0798. The number of H-pyrrole nitrogens is 1. The van der Waals surface area contributed by atoms with Crippen molar-refractivity contribution in [3.63, 3.8) is 0 Å². The van der Waals surface area contributed by atoms with Gasteiger partial charge in [0.05, 0.1) is 23.7 Å². The molecule has 8 nitrogen and oxygen atoms in total. The van der Waals surface area contributed by atoms with Crippen LogP contribution in [0, 0.1) is 22.7 Å². The number of nitrogens with zero attached hydrogens (tertiary/aromatic N) is 6. The van der Waals surface area contributed by atoms with Gasteiger partial charge >= 0.3 is 0 Å². The van der Waals surface area contributed by atoms with Crippen LogP contribution >= 0.6 is 0 Å². The molecule has 2 rings (SSSR count). The highest BCUT2D eigenvalue weighted by Gasteiger charge is 2.15. The molecular formula is C11H12N8. The van der Waals surface area contributed by atoms with Crippen LogP contribution in [0.1, 0.15) is 6.92 Å². The second-order valence-corrected chi connectivity index (χ2v) is 3.71. The summed E-state index contributed by atoms with van der Waals surface area (Å²) in [4.78, 5) is 10.2. The molecule has 19 heavy (non-hydrogen) atoms. The van der Waals surface area contributed by atoms with Crippen molar-refractivity contribution < 1.29 is 0 Å². The number of anilines is 2. The van der Waals surface area contributed by atoms with Crippen LogP contribution in [0.5, 0.6) is 0 Å². The van der Waals surface area contributed by atoms with Gasteiger partial charge in [0, 0.05) is 6.54 Å². The Kier molecular flexibility index (Phi) is 3.74. The molecule has 0 bridgehead atoms. The molecule has 0 radical (unpaired) electrons. The standard InChI is InChI=1S/C11H12N8/c1-2-14-11-16-9-8(7-15-18-9)10(17-11)19(5-3-12)6-4-13/h7H,2,5-6H2,1H3,(H2,14,15,16,17,18). The van der Waals surface area contributed by atoms with Gasteiger partial charge in [0.15, 0.2) is 5.65 Å². The third-order valence-corrected chi connectivity index (χ3v) is 2.45. The molecule has 0 aliphatic carbocycles. The number of aromatic nitrogens is 4. The van der Waals surface area contributed by atoms with Gasteiger partial charge in [0.25, 0.3) is 0 Å². The number of rotatable bonds is 5. The summed E-state index contributed by atoms with van der Waals surface area (Å²) in [5.74, 6) is 0.966. The first kappa shape index (κ1) is 12.6. The van der Waals surface area contributed by atoms with Gasteiger partial charge in [-0.05, 0) is 6.92 Å². The summed E-state index contributed by atoms with van der Waals surface area (Å²) < 4.78 is 0. The van der Waals surface area contributed by atoms with Crippen molar-refractivity contribution in [2.75, 3.05) is 29.9 Å². The average molecular weight is 256 g/mol. The fraction of sp³-hybridized carbons (Fsp3) is 0.364. The van der Waals surface area contributed by atoms with Gasteiger partial charge in [-0.25, -0.2) is 0 Å². The number of fused-ring (bicyclic) bond motifs is 1. The van der Waals surface area contributed by atoms with E-state index in [0.717, 1.165) is 0 Å². The van der Waals surface area contributed by atoms with E-state index in [1.54, 1.807) is 11.1 Å². The van der Waals surface area contributed by atoms with Gasteiger partial charge in [0.2, 0.25) is 5.95 Å². The second-order valence-electron chi connectivity index (χ2n) is 3.71. The number of nitrogens with one attached hydrogen (secondary N) is 2. The Morgan fingerprint density at radius 3 is 2.68 bits per heavy atom.